The molecule has 4 heterocycles. The van der Waals surface area contributed by atoms with Crippen molar-refractivity contribution in [2.75, 3.05) is 44.3 Å². The quantitative estimate of drug-likeness (QED) is 0.547. The second kappa shape index (κ2) is 9.16. The monoisotopic (exact) mass is 473 g/mol. The van der Waals surface area contributed by atoms with Crippen LogP contribution in [0.25, 0.3) is 22.4 Å². The van der Waals surface area contributed by atoms with Crippen LogP contribution in [-0.2, 0) is 4.74 Å². The SMILES string of the molecule is Cc1noc(-c2c(N3CCN(CC4CCOCC4)C[C@H]3C)nc3c(F)cc(Cl)cc3c2C)n1. The topological polar surface area (TPSA) is 67.5 Å². The number of halogens is 2. The predicted molar refractivity (Wildman–Crippen MR) is 126 cm³/mol. The number of piperazine rings is 1. The van der Waals surface area contributed by atoms with E-state index < -0.39 is 5.82 Å². The zero-order valence-electron chi connectivity index (χ0n) is 19.3. The van der Waals surface area contributed by atoms with Gasteiger partial charge in [-0.25, -0.2) is 9.37 Å². The van der Waals surface area contributed by atoms with Crippen LogP contribution in [0, 0.1) is 25.6 Å². The molecule has 1 atom stereocenters. The van der Waals surface area contributed by atoms with Gasteiger partial charge in [0.25, 0.3) is 5.89 Å². The lowest BCUT2D eigenvalue weighted by Crippen LogP contribution is -2.53. The Labute approximate surface area is 197 Å². The largest absolute Gasteiger partial charge is 0.381 e. The van der Waals surface area contributed by atoms with Gasteiger partial charge in [-0.3, -0.25) is 4.90 Å². The summed E-state index contributed by atoms with van der Waals surface area (Å²) in [5, 5.41) is 4.97. The molecule has 7 nitrogen and oxygen atoms in total. The Morgan fingerprint density at radius 2 is 1.94 bits per heavy atom. The van der Waals surface area contributed by atoms with Gasteiger partial charge < -0.3 is 14.2 Å². The number of rotatable bonds is 4. The standard InChI is InChI=1S/C24H29ClFN5O2/c1-14-12-30(13-17-4-8-32-9-5-17)6-7-31(14)23-21(24-27-16(3)29-33-24)15(2)19-10-18(25)11-20(26)22(19)28-23/h10-11,14,17H,4-9,12-13H2,1-3H3/t14-/m1/s1. The summed E-state index contributed by atoms with van der Waals surface area (Å²) in [5.41, 5.74) is 1.88. The summed E-state index contributed by atoms with van der Waals surface area (Å²) < 4.78 is 26.0. The number of aromatic nitrogens is 3. The average molecular weight is 474 g/mol. The molecular weight excluding hydrogens is 445 g/mol. The van der Waals surface area contributed by atoms with E-state index in [9.17, 15) is 4.39 Å². The summed E-state index contributed by atoms with van der Waals surface area (Å²) in [4.78, 5) is 14.1. The van der Waals surface area contributed by atoms with Gasteiger partial charge in [-0.15, -0.1) is 0 Å². The Hall–Kier alpha value is -2.29. The van der Waals surface area contributed by atoms with Gasteiger partial charge in [-0.05, 0) is 57.2 Å². The molecule has 2 saturated heterocycles. The summed E-state index contributed by atoms with van der Waals surface area (Å²) in [6.45, 7) is 11.4. The van der Waals surface area contributed by atoms with Crippen molar-refractivity contribution in [3.05, 3.63) is 34.4 Å². The van der Waals surface area contributed by atoms with Gasteiger partial charge in [0.1, 0.15) is 11.3 Å². The zero-order valence-corrected chi connectivity index (χ0v) is 20.0. The molecule has 2 aliphatic rings. The molecule has 0 N–H and O–H groups in total. The second-order valence-electron chi connectivity index (χ2n) is 9.22. The highest BCUT2D eigenvalue weighted by Gasteiger charge is 2.31. The average Bonchev–Trinajstić information content (AvgIpc) is 3.21. The van der Waals surface area contributed by atoms with Crippen LogP contribution < -0.4 is 4.90 Å². The first-order valence-corrected chi connectivity index (χ1v) is 11.9. The van der Waals surface area contributed by atoms with Gasteiger partial charge in [0.15, 0.2) is 11.6 Å². The molecule has 0 aliphatic carbocycles. The van der Waals surface area contributed by atoms with Gasteiger partial charge in [-0.2, -0.15) is 4.98 Å². The maximum absolute atomic E-state index is 14.9. The van der Waals surface area contributed by atoms with Crippen molar-refractivity contribution in [2.45, 2.75) is 39.7 Å². The van der Waals surface area contributed by atoms with Crippen molar-refractivity contribution < 1.29 is 13.7 Å². The summed E-state index contributed by atoms with van der Waals surface area (Å²) >= 11 is 6.16. The number of fused-ring (bicyclic) bond motifs is 1. The third-order valence-corrected chi connectivity index (χ3v) is 7.05. The van der Waals surface area contributed by atoms with Crippen molar-refractivity contribution in [1.82, 2.24) is 20.0 Å². The molecule has 5 rings (SSSR count). The Balaban J connectivity index is 1.51. The molecule has 0 bridgehead atoms. The molecule has 2 aliphatic heterocycles. The normalized spacial score (nSPS) is 20.6. The van der Waals surface area contributed by atoms with Crippen LogP contribution in [0.3, 0.4) is 0 Å². The fourth-order valence-electron chi connectivity index (χ4n) is 5.10. The Kier molecular flexibility index (Phi) is 6.24. The molecule has 0 unspecified atom stereocenters. The fraction of sp³-hybridized carbons (Fsp3) is 0.542. The maximum atomic E-state index is 14.9. The molecule has 0 spiro atoms. The lowest BCUT2D eigenvalue weighted by atomic mass is 9.98. The molecule has 1 aromatic carbocycles. The van der Waals surface area contributed by atoms with E-state index in [4.69, 9.17) is 25.8 Å². The van der Waals surface area contributed by atoms with E-state index in [1.54, 1.807) is 13.0 Å². The van der Waals surface area contributed by atoms with Crippen LogP contribution in [0.1, 0.15) is 31.2 Å². The molecular formula is C24H29ClFN5O2. The first kappa shape index (κ1) is 22.5. The highest BCUT2D eigenvalue weighted by atomic mass is 35.5. The minimum Gasteiger partial charge on any atom is -0.381 e. The number of benzene rings is 1. The smallest absolute Gasteiger partial charge is 0.261 e. The fourth-order valence-corrected chi connectivity index (χ4v) is 5.30. The van der Waals surface area contributed by atoms with E-state index in [1.807, 2.05) is 6.92 Å². The number of ether oxygens (including phenoxy) is 1. The number of nitrogens with zero attached hydrogens (tertiary/aromatic N) is 5. The summed E-state index contributed by atoms with van der Waals surface area (Å²) in [5.74, 6) is 1.88. The van der Waals surface area contributed by atoms with Gasteiger partial charge in [0, 0.05) is 55.8 Å². The van der Waals surface area contributed by atoms with Crippen LogP contribution in [0.2, 0.25) is 5.02 Å². The van der Waals surface area contributed by atoms with E-state index in [2.05, 4.69) is 26.9 Å². The van der Waals surface area contributed by atoms with E-state index in [0.717, 1.165) is 63.4 Å². The van der Waals surface area contributed by atoms with Crippen LogP contribution in [0.4, 0.5) is 10.2 Å². The van der Waals surface area contributed by atoms with Crippen molar-refractivity contribution in [3.63, 3.8) is 0 Å². The van der Waals surface area contributed by atoms with Crippen LogP contribution >= 0.6 is 11.6 Å². The third-order valence-electron chi connectivity index (χ3n) is 6.83. The Morgan fingerprint density at radius 3 is 2.64 bits per heavy atom. The Morgan fingerprint density at radius 1 is 1.15 bits per heavy atom. The van der Waals surface area contributed by atoms with Gasteiger partial charge in [0.05, 0.1) is 5.56 Å². The van der Waals surface area contributed by atoms with Crippen LogP contribution in [0.15, 0.2) is 16.7 Å². The minimum absolute atomic E-state index is 0.195. The Bertz CT molecular complexity index is 1160. The highest BCUT2D eigenvalue weighted by Crippen LogP contribution is 2.39. The summed E-state index contributed by atoms with van der Waals surface area (Å²) in [6.07, 6.45) is 2.25. The van der Waals surface area contributed by atoms with Gasteiger partial charge >= 0.3 is 0 Å². The summed E-state index contributed by atoms with van der Waals surface area (Å²) in [7, 11) is 0. The number of hydrogen-bond donors (Lipinski definition) is 0. The van der Waals surface area contributed by atoms with Crippen molar-refractivity contribution in [3.8, 4) is 11.5 Å². The molecule has 2 aromatic heterocycles. The van der Waals surface area contributed by atoms with Crippen LogP contribution in [-0.4, -0.2) is 65.5 Å². The minimum atomic E-state index is -0.430. The lowest BCUT2D eigenvalue weighted by Gasteiger charge is -2.42. The first-order chi connectivity index (χ1) is 15.9. The summed E-state index contributed by atoms with van der Waals surface area (Å²) in [6, 6.07) is 3.25. The maximum Gasteiger partial charge on any atom is 0.261 e. The predicted octanol–water partition coefficient (Wildman–Crippen LogP) is 4.63. The number of anilines is 1. The van der Waals surface area contributed by atoms with Crippen LogP contribution in [0.5, 0.6) is 0 Å². The highest BCUT2D eigenvalue weighted by molar-refractivity contribution is 6.31. The van der Waals surface area contributed by atoms with Gasteiger partial charge in [0.2, 0.25) is 0 Å². The molecule has 9 heteroatoms. The third kappa shape index (κ3) is 4.44. The first-order valence-electron chi connectivity index (χ1n) is 11.6. The van der Waals surface area contributed by atoms with Crippen molar-refractivity contribution >= 4 is 28.3 Å². The van der Waals surface area contributed by atoms with E-state index >= 15 is 0 Å². The van der Waals surface area contributed by atoms with Gasteiger partial charge in [-0.1, -0.05) is 16.8 Å². The number of aryl methyl sites for hydroxylation is 2. The van der Waals surface area contributed by atoms with E-state index in [-0.39, 0.29) is 6.04 Å². The van der Waals surface area contributed by atoms with E-state index in [0.29, 0.717) is 39.4 Å². The molecule has 0 radical (unpaired) electrons. The number of hydrogen-bond acceptors (Lipinski definition) is 7. The molecule has 176 valence electrons. The molecule has 0 amide bonds. The molecule has 33 heavy (non-hydrogen) atoms. The van der Waals surface area contributed by atoms with Crippen molar-refractivity contribution in [2.24, 2.45) is 5.92 Å². The molecule has 0 saturated carbocycles. The lowest BCUT2D eigenvalue weighted by molar-refractivity contribution is 0.0500. The second-order valence-corrected chi connectivity index (χ2v) is 9.66. The van der Waals surface area contributed by atoms with Crippen molar-refractivity contribution in [1.29, 1.82) is 0 Å². The zero-order chi connectivity index (χ0) is 23.1. The molecule has 3 aromatic rings. The molecule has 2 fully saturated rings. The van der Waals surface area contributed by atoms with E-state index in [1.165, 1.54) is 6.07 Å². The number of pyridine rings is 1.